The Hall–Kier alpha value is -1.65. The number of oxime groups is 1. The molecule has 0 spiro atoms. The second-order valence-electron chi connectivity index (χ2n) is 2.72. The lowest BCUT2D eigenvalue weighted by Crippen LogP contribution is -3.00. The Morgan fingerprint density at radius 2 is 1.93 bits per heavy atom. The average Bonchev–Trinajstić information content (AvgIpc) is 2.19. The summed E-state index contributed by atoms with van der Waals surface area (Å²) < 4.78 is 0. The zero-order valence-electron chi connectivity index (χ0n) is 7.81. The zero-order chi connectivity index (χ0) is 9.10. The number of rotatable bonds is 1. The van der Waals surface area contributed by atoms with Crippen LogP contribution in [0.4, 0.5) is 0 Å². The van der Waals surface area contributed by atoms with E-state index in [9.17, 15) is 0 Å². The van der Waals surface area contributed by atoms with Crippen LogP contribution in [0.15, 0.2) is 41.7 Å². The van der Waals surface area contributed by atoms with E-state index in [0.29, 0.717) is 0 Å². The highest BCUT2D eigenvalue weighted by Crippen LogP contribution is 2.11. The molecule has 1 heterocycles. The lowest BCUT2D eigenvalue weighted by molar-refractivity contribution is -0.344. The van der Waals surface area contributed by atoms with E-state index >= 15 is 0 Å². The van der Waals surface area contributed by atoms with Crippen molar-refractivity contribution in [1.29, 1.82) is 0 Å². The van der Waals surface area contributed by atoms with Crippen LogP contribution in [-0.4, -0.2) is 16.9 Å². The number of benzene rings is 1. The van der Waals surface area contributed by atoms with Gasteiger partial charge in [0, 0.05) is 17.7 Å². The van der Waals surface area contributed by atoms with Crippen molar-refractivity contribution >= 4 is 17.1 Å². The van der Waals surface area contributed by atoms with Crippen LogP contribution in [0.3, 0.4) is 0 Å². The second-order valence-corrected chi connectivity index (χ2v) is 2.72. The first-order valence-electron chi connectivity index (χ1n) is 3.98. The number of hydrogen-bond acceptors (Lipinski definition) is 2. The molecule has 0 atom stereocenters. The summed E-state index contributed by atoms with van der Waals surface area (Å²) in [4.78, 5) is 3.11. The molecule has 0 fully saturated rings. The molecule has 2 aromatic rings. The SMILES string of the molecule is O.O/N=C/c1cc[nH+]c2ccccc12.[Cl-]. The molecule has 0 bridgehead atoms. The summed E-state index contributed by atoms with van der Waals surface area (Å²) in [6.45, 7) is 0. The van der Waals surface area contributed by atoms with Gasteiger partial charge in [0.2, 0.25) is 5.52 Å². The van der Waals surface area contributed by atoms with Crippen molar-refractivity contribution in [2.75, 3.05) is 0 Å². The summed E-state index contributed by atoms with van der Waals surface area (Å²) in [7, 11) is 0. The van der Waals surface area contributed by atoms with Crippen molar-refractivity contribution in [3.05, 3.63) is 42.1 Å². The van der Waals surface area contributed by atoms with Crippen LogP contribution >= 0.6 is 0 Å². The van der Waals surface area contributed by atoms with E-state index in [1.165, 1.54) is 6.21 Å². The molecule has 0 unspecified atom stereocenters. The average molecular weight is 227 g/mol. The molecule has 0 aliphatic rings. The molecule has 4 nitrogen and oxygen atoms in total. The molecule has 2 rings (SSSR count). The molecule has 80 valence electrons. The summed E-state index contributed by atoms with van der Waals surface area (Å²) in [6.07, 6.45) is 3.25. The van der Waals surface area contributed by atoms with Crippen LogP contribution in [0.25, 0.3) is 10.9 Å². The summed E-state index contributed by atoms with van der Waals surface area (Å²) in [5.74, 6) is 0. The molecule has 1 aromatic carbocycles. The first kappa shape index (κ1) is 13.4. The molecule has 0 amide bonds. The normalized spacial score (nSPS) is 9.60. The predicted octanol–water partition coefficient (Wildman–Crippen LogP) is -2.36. The Bertz CT molecular complexity index is 455. The van der Waals surface area contributed by atoms with Crippen LogP contribution in [0.2, 0.25) is 0 Å². The van der Waals surface area contributed by atoms with E-state index < -0.39 is 0 Å². The highest BCUT2D eigenvalue weighted by atomic mass is 35.5. The third kappa shape index (κ3) is 2.65. The maximum atomic E-state index is 8.44. The number of nitrogens with one attached hydrogen (secondary N) is 1. The van der Waals surface area contributed by atoms with Crippen molar-refractivity contribution in [2.24, 2.45) is 5.16 Å². The standard InChI is InChI=1S/C10H8N2O.ClH.H2O/c13-12-7-8-5-6-11-10-4-2-1-3-9(8)10;;/h1-7,13H;1H;1H2/b12-7+;;. The van der Waals surface area contributed by atoms with Gasteiger partial charge in [-0.25, -0.2) is 4.98 Å². The molecule has 0 aliphatic carbocycles. The van der Waals surface area contributed by atoms with Crippen molar-refractivity contribution in [3.8, 4) is 0 Å². The highest BCUT2D eigenvalue weighted by Gasteiger charge is 2.02. The van der Waals surface area contributed by atoms with Gasteiger partial charge in [-0.3, -0.25) is 0 Å². The fraction of sp³-hybridized carbons (Fsp3) is 0. The number of para-hydroxylation sites is 1. The van der Waals surface area contributed by atoms with Gasteiger partial charge in [-0.15, -0.1) is 0 Å². The van der Waals surface area contributed by atoms with Crippen LogP contribution in [0.1, 0.15) is 5.56 Å². The number of aromatic amines is 1. The van der Waals surface area contributed by atoms with Crippen LogP contribution in [0, 0.1) is 0 Å². The van der Waals surface area contributed by atoms with Crippen molar-refractivity contribution in [2.45, 2.75) is 0 Å². The van der Waals surface area contributed by atoms with Crippen LogP contribution in [0.5, 0.6) is 0 Å². The summed E-state index contributed by atoms with van der Waals surface area (Å²) in [6, 6.07) is 9.72. The van der Waals surface area contributed by atoms with Gasteiger partial charge in [0.05, 0.1) is 11.6 Å². The van der Waals surface area contributed by atoms with Gasteiger partial charge in [-0.05, 0) is 6.07 Å². The lowest BCUT2D eigenvalue weighted by Gasteiger charge is -1.93. The van der Waals surface area contributed by atoms with E-state index in [1.54, 1.807) is 0 Å². The van der Waals surface area contributed by atoms with E-state index in [4.69, 9.17) is 5.21 Å². The minimum absolute atomic E-state index is 0. The highest BCUT2D eigenvalue weighted by molar-refractivity contribution is 5.96. The molecule has 1 aromatic heterocycles. The number of halogens is 1. The van der Waals surface area contributed by atoms with Gasteiger partial charge in [-0.1, -0.05) is 17.3 Å². The van der Waals surface area contributed by atoms with Gasteiger partial charge in [0.1, 0.15) is 0 Å². The first-order valence-corrected chi connectivity index (χ1v) is 3.98. The Morgan fingerprint density at radius 3 is 2.67 bits per heavy atom. The fourth-order valence-corrected chi connectivity index (χ4v) is 1.35. The largest absolute Gasteiger partial charge is 1.00 e. The fourth-order valence-electron chi connectivity index (χ4n) is 1.35. The van der Waals surface area contributed by atoms with Crippen molar-refractivity contribution in [3.63, 3.8) is 0 Å². The first-order chi connectivity index (χ1) is 6.42. The number of aromatic nitrogens is 1. The number of fused-ring (bicyclic) bond motifs is 1. The Kier molecular flexibility index (Phi) is 5.30. The third-order valence-electron chi connectivity index (χ3n) is 1.94. The summed E-state index contributed by atoms with van der Waals surface area (Å²) >= 11 is 0. The maximum Gasteiger partial charge on any atom is 0.211 e. The van der Waals surface area contributed by atoms with E-state index in [2.05, 4.69) is 10.1 Å². The number of hydrogen-bond donors (Lipinski definition) is 1. The van der Waals surface area contributed by atoms with Gasteiger partial charge in [-0.2, -0.15) is 0 Å². The topological polar surface area (TPSA) is 78.2 Å². The predicted molar refractivity (Wildman–Crippen MR) is 53.5 cm³/mol. The molecule has 4 N–H and O–H groups in total. The van der Waals surface area contributed by atoms with E-state index in [1.807, 2.05) is 36.5 Å². The third-order valence-corrected chi connectivity index (χ3v) is 1.94. The van der Waals surface area contributed by atoms with Crippen molar-refractivity contribution in [1.82, 2.24) is 0 Å². The van der Waals surface area contributed by atoms with Gasteiger partial charge in [0.15, 0.2) is 6.20 Å². The number of pyridine rings is 1. The van der Waals surface area contributed by atoms with Crippen LogP contribution < -0.4 is 17.4 Å². The molecule has 0 saturated carbocycles. The molecular weight excluding hydrogens is 216 g/mol. The van der Waals surface area contributed by atoms with E-state index in [0.717, 1.165) is 16.5 Å². The molecule has 15 heavy (non-hydrogen) atoms. The lowest BCUT2D eigenvalue weighted by atomic mass is 10.1. The Balaban J connectivity index is 0.000000980. The molecule has 5 heteroatoms. The van der Waals surface area contributed by atoms with Gasteiger partial charge in [0.25, 0.3) is 0 Å². The monoisotopic (exact) mass is 226 g/mol. The van der Waals surface area contributed by atoms with Crippen LogP contribution in [-0.2, 0) is 0 Å². The quantitative estimate of drug-likeness (QED) is 0.330. The Labute approximate surface area is 93.0 Å². The van der Waals surface area contributed by atoms with Gasteiger partial charge >= 0.3 is 0 Å². The number of nitrogens with zero attached hydrogens (tertiary/aromatic N) is 1. The molecule has 0 saturated heterocycles. The summed E-state index contributed by atoms with van der Waals surface area (Å²) in [5.41, 5.74) is 1.93. The van der Waals surface area contributed by atoms with E-state index in [-0.39, 0.29) is 17.9 Å². The number of H-pyrrole nitrogens is 1. The molecular formula is C10H11ClN2O2. The second kappa shape index (κ2) is 5.95. The zero-order valence-corrected chi connectivity index (χ0v) is 8.57. The molecule has 0 aliphatic heterocycles. The van der Waals surface area contributed by atoms with Gasteiger partial charge < -0.3 is 23.1 Å². The maximum absolute atomic E-state index is 8.44. The smallest absolute Gasteiger partial charge is 0.211 e. The minimum atomic E-state index is 0. The summed E-state index contributed by atoms with van der Waals surface area (Å²) in [5, 5.41) is 12.5. The Morgan fingerprint density at radius 1 is 1.20 bits per heavy atom. The van der Waals surface area contributed by atoms with Crippen molar-refractivity contribution < 1.29 is 28.1 Å². The molecule has 0 radical (unpaired) electrons. The minimum Gasteiger partial charge on any atom is -1.00 e.